The summed E-state index contributed by atoms with van der Waals surface area (Å²) in [5, 5.41) is 7.63. The smallest absolute Gasteiger partial charge is 0.0636 e. The first-order valence-electron chi connectivity index (χ1n) is 7.83. The van der Waals surface area contributed by atoms with E-state index in [4.69, 9.17) is 0 Å². The van der Waals surface area contributed by atoms with E-state index in [9.17, 15) is 0 Å². The molecule has 1 aromatic carbocycles. The van der Waals surface area contributed by atoms with E-state index in [1.54, 1.807) is 0 Å². The van der Waals surface area contributed by atoms with Gasteiger partial charge in [0.15, 0.2) is 0 Å². The summed E-state index contributed by atoms with van der Waals surface area (Å²) in [5.41, 5.74) is 6.87. The lowest BCUT2D eigenvalue weighted by Gasteiger charge is -2.30. The third-order valence-electron chi connectivity index (χ3n) is 4.16. The van der Waals surface area contributed by atoms with Crippen molar-refractivity contribution in [2.24, 2.45) is 11.0 Å². The van der Waals surface area contributed by atoms with Crippen LogP contribution in [-0.4, -0.2) is 43.8 Å². The fourth-order valence-corrected chi connectivity index (χ4v) is 3.14. The average Bonchev–Trinajstić information content (AvgIpc) is 2.71. The maximum absolute atomic E-state index is 4.22. The molecule has 2 N–H and O–H groups in total. The zero-order valence-electron chi connectivity index (χ0n) is 12.7. The second-order valence-corrected chi connectivity index (χ2v) is 5.99. The Hall–Kier alpha value is -1.65. The van der Waals surface area contributed by atoms with Gasteiger partial charge in [0.05, 0.1) is 5.69 Å². The third kappa shape index (κ3) is 3.71. The lowest BCUT2D eigenvalue weighted by molar-refractivity contribution is 0.213. The van der Waals surface area contributed by atoms with Crippen LogP contribution in [0.2, 0.25) is 0 Å². The molecule has 0 bridgehead atoms. The number of hydrogen-bond acceptors (Lipinski definition) is 4. The molecule has 1 atom stereocenters. The van der Waals surface area contributed by atoms with E-state index in [1.807, 2.05) is 6.21 Å². The first kappa shape index (κ1) is 14.3. The molecular weight excluding hydrogens is 260 g/mol. The summed E-state index contributed by atoms with van der Waals surface area (Å²) in [6.45, 7) is 8.10. The summed E-state index contributed by atoms with van der Waals surface area (Å²) in [5.74, 6) is 0.647. The zero-order chi connectivity index (χ0) is 14.5. The lowest BCUT2D eigenvalue weighted by atomic mass is 9.93. The molecule has 0 spiro atoms. The summed E-state index contributed by atoms with van der Waals surface area (Å²) in [4.78, 5) is 2.57. The van der Waals surface area contributed by atoms with Crippen LogP contribution in [0.5, 0.6) is 0 Å². The molecule has 0 saturated carbocycles. The van der Waals surface area contributed by atoms with E-state index in [-0.39, 0.29) is 0 Å². The van der Waals surface area contributed by atoms with Crippen molar-refractivity contribution >= 4 is 17.5 Å². The molecule has 0 amide bonds. The van der Waals surface area contributed by atoms with Gasteiger partial charge in [-0.1, -0.05) is 25.1 Å². The molecule has 21 heavy (non-hydrogen) atoms. The van der Waals surface area contributed by atoms with Crippen molar-refractivity contribution in [2.45, 2.75) is 13.3 Å². The molecular formula is C17H24N4. The zero-order valence-corrected chi connectivity index (χ0v) is 12.7. The van der Waals surface area contributed by atoms with Crippen LogP contribution in [0.1, 0.15) is 18.9 Å². The van der Waals surface area contributed by atoms with Crippen LogP contribution < -0.4 is 10.7 Å². The molecule has 4 nitrogen and oxygen atoms in total. The SMILES string of the molecule is CC(CC1=CC=NNc2ccccc21)CN1CCNCC1. The Labute approximate surface area is 126 Å². The minimum absolute atomic E-state index is 0.647. The van der Waals surface area contributed by atoms with E-state index in [2.05, 4.69) is 58.0 Å². The second kappa shape index (κ2) is 6.87. The number of nitrogens with zero attached hydrogens (tertiary/aromatic N) is 2. The van der Waals surface area contributed by atoms with Gasteiger partial charge in [-0.05, 0) is 30.1 Å². The van der Waals surface area contributed by atoms with Gasteiger partial charge in [-0.15, -0.1) is 0 Å². The van der Waals surface area contributed by atoms with Crippen LogP contribution in [0.25, 0.3) is 5.57 Å². The Morgan fingerprint density at radius 1 is 1.24 bits per heavy atom. The number of fused-ring (bicyclic) bond motifs is 1. The second-order valence-electron chi connectivity index (χ2n) is 5.99. The summed E-state index contributed by atoms with van der Waals surface area (Å²) < 4.78 is 0. The Balaban J connectivity index is 1.66. The van der Waals surface area contributed by atoms with Crippen LogP contribution in [0.15, 0.2) is 35.4 Å². The predicted octanol–water partition coefficient (Wildman–Crippen LogP) is 2.41. The number of hydrazone groups is 1. The highest BCUT2D eigenvalue weighted by Gasteiger charge is 2.16. The lowest BCUT2D eigenvalue weighted by Crippen LogP contribution is -2.45. The molecule has 2 aliphatic heterocycles. The summed E-state index contributed by atoms with van der Waals surface area (Å²) in [6.07, 6.45) is 5.11. The molecule has 0 aliphatic carbocycles. The monoisotopic (exact) mass is 284 g/mol. The topological polar surface area (TPSA) is 39.7 Å². The van der Waals surface area contributed by atoms with Crippen LogP contribution in [-0.2, 0) is 0 Å². The van der Waals surface area contributed by atoms with Gasteiger partial charge in [0, 0.05) is 44.5 Å². The fourth-order valence-electron chi connectivity index (χ4n) is 3.14. The van der Waals surface area contributed by atoms with Crippen molar-refractivity contribution in [1.82, 2.24) is 10.2 Å². The number of anilines is 1. The summed E-state index contributed by atoms with van der Waals surface area (Å²) in [6, 6.07) is 8.42. The highest BCUT2D eigenvalue weighted by Crippen LogP contribution is 2.30. The summed E-state index contributed by atoms with van der Waals surface area (Å²) in [7, 11) is 0. The van der Waals surface area contributed by atoms with Gasteiger partial charge in [-0.2, -0.15) is 5.10 Å². The van der Waals surface area contributed by atoms with Crippen LogP contribution >= 0.6 is 0 Å². The number of hydrogen-bond donors (Lipinski definition) is 2. The fraction of sp³-hybridized carbons (Fsp3) is 0.471. The normalized spacial score (nSPS) is 20.1. The average molecular weight is 284 g/mol. The maximum Gasteiger partial charge on any atom is 0.0636 e. The van der Waals surface area contributed by atoms with Gasteiger partial charge in [0.2, 0.25) is 0 Å². The molecule has 4 heteroatoms. The molecule has 1 unspecified atom stereocenters. The minimum Gasteiger partial charge on any atom is -0.314 e. The van der Waals surface area contributed by atoms with E-state index < -0.39 is 0 Å². The van der Waals surface area contributed by atoms with E-state index in [1.165, 1.54) is 30.8 Å². The number of piperazine rings is 1. The van der Waals surface area contributed by atoms with E-state index in [0.29, 0.717) is 5.92 Å². The number of allylic oxidation sites excluding steroid dienone is 2. The van der Waals surface area contributed by atoms with Gasteiger partial charge < -0.3 is 10.2 Å². The number of rotatable bonds is 4. The standard InChI is InChI=1S/C17H24N4/c1-14(13-21-10-8-18-9-11-21)12-15-6-7-19-20-17-5-3-2-4-16(15)17/h2-7,14,18,20H,8-13H2,1H3. The van der Waals surface area contributed by atoms with E-state index >= 15 is 0 Å². The molecule has 2 heterocycles. The Kier molecular flexibility index (Phi) is 4.68. The van der Waals surface area contributed by atoms with Crippen LogP contribution in [0.3, 0.4) is 0 Å². The minimum atomic E-state index is 0.647. The first-order valence-corrected chi connectivity index (χ1v) is 7.83. The molecule has 112 valence electrons. The largest absolute Gasteiger partial charge is 0.314 e. The van der Waals surface area contributed by atoms with Crippen molar-refractivity contribution in [3.05, 3.63) is 35.9 Å². The molecule has 2 aliphatic rings. The van der Waals surface area contributed by atoms with Crippen LogP contribution in [0, 0.1) is 5.92 Å². The molecule has 0 radical (unpaired) electrons. The number of benzene rings is 1. The quantitative estimate of drug-likeness (QED) is 0.892. The van der Waals surface area contributed by atoms with Crippen molar-refractivity contribution in [1.29, 1.82) is 0 Å². The third-order valence-corrected chi connectivity index (χ3v) is 4.16. The Morgan fingerprint density at radius 3 is 2.90 bits per heavy atom. The van der Waals surface area contributed by atoms with E-state index in [0.717, 1.165) is 25.2 Å². The number of para-hydroxylation sites is 1. The highest BCUT2D eigenvalue weighted by atomic mass is 15.3. The summed E-state index contributed by atoms with van der Waals surface area (Å²) >= 11 is 0. The van der Waals surface area contributed by atoms with Gasteiger partial charge in [-0.25, -0.2) is 0 Å². The highest BCUT2D eigenvalue weighted by molar-refractivity contribution is 5.90. The predicted molar refractivity (Wildman–Crippen MR) is 89.6 cm³/mol. The van der Waals surface area contributed by atoms with Gasteiger partial charge in [-0.3, -0.25) is 5.43 Å². The number of nitrogens with one attached hydrogen (secondary N) is 2. The first-order chi connectivity index (χ1) is 10.3. The Morgan fingerprint density at radius 2 is 2.05 bits per heavy atom. The molecule has 1 saturated heterocycles. The molecule has 1 aromatic rings. The maximum atomic E-state index is 4.22. The van der Waals surface area contributed by atoms with Crippen molar-refractivity contribution in [2.75, 3.05) is 38.1 Å². The van der Waals surface area contributed by atoms with Gasteiger partial charge in [0.25, 0.3) is 0 Å². The molecule has 0 aromatic heterocycles. The van der Waals surface area contributed by atoms with Crippen molar-refractivity contribution in [3.63, 3.8) is 0 Å². The van der Waals surface area contributed by atoms with Gasteiger partial charge in [0.1, 0.15) is 0 Å². The molecule has 3 rings (SSSR count). The van der Waals surface area contributed by atoms with Crippen molar-refractivity contribution in [3.8, 4) is 0 Å². The Bertz CT molecular complexity index is 529. The van der Waals surface area contributed by atoms with Crippen LogP contribution in [0.4, 0.5) is 5.69 Å². The molecule has 1 fully saturated rings. The van der Waals surface area contributed by atoms with Gasteiger partial charge >= 0.3 is 0 Å². The van der Waals surface area contributed by atoms with Crippen molar-refractivity contribution < 1.29 is 0 Å².